The molecule has 0 saturated heterocycles. The van der Waals surface area contributed by atoms with Crippen LogP contribution < -0.4 is 9.80 Å². The molecule has 0 amide bonds. The summed E-state index contributed by atoms with van der Waals surface area (Å²) in [5.74, 6) is 0. The first-order valence-electron chi connectivity index (χ1n) is 31.7. The van der Waals surface area contributed by atoms with Crippen molar-refractivity contribution in [2.45, 2.75) is 75.0 Å². The Hall–Kier alpha value is -10.0. The second-order valence-corrected chi connectivity index (χ2v) is 27.2. The lowest BCUT2D eigenvalue weighted by molar-refractivity contribution is 0.563. The van der Waals surface area contributed by atoms with Crippen molar-refractivity contribution in [2.24, 2.45) is 0 Å². The number of benzene rings is 13. The van der Waals surface area contributed by atoms with Crippen LogP contribution in [0.3, 0.4) is 0 Å². The first kappa shape index (κ1) is 50.2. The second kappa shape index (κ2) is 17.8. The molecular formula is C86H64N2. The van der Waals surface area contributed by atoms with Crippen LogP contribution in [0.2, 0.25) is 0 Å². The van der Waals surface area contributed by atoms with Crippen molar-refractivity contribution in [1.82, 2.24) is 0 Å². The maximum Gasteiger partial charge on any atom is 0.0502 e. The van der Waals surface area contributed by atoms with E-state index in [0.29, 0.717) is 0 Å². The van der Waals surface area contributed by atoms with E-state index in [1.165, 1.54) is 156 Å². The van der Waals surface area contributed by atoms with Crippen LogP contribution in [0.1, 0.15) is 94.5 Å². The minimum absolute atomic E-state index is 0.176. The summed E-state index contributed by atoms with van der Waals surface area (Å²) in [5.41, 5.74) is 33.9. The van der Waals surface area contributed by atoms with Crippen LogP contribution in [0.4, 0.5) is 34.1 Å². The highest BCUT2D eigenvalue weighted by atomic mass is 15.2. The van der Waals surface area contributed by atoms with E-state index in [1.807, 2.05) is 0 Å². The third-order valence-electron chi connectivity index (χ3n) is 22.2. The maximum atomic E-state index is 2.64. The number of para-hydroxylation sites is 4. The van der Waals surface area contributed by atoms with E-state index in [9.17, 15) is 0 Å². The topological polar surface area (TPSA) is 6.48 Å². The Morgan fingerprint density at radius 3 is 0.898 bits per heavy atom. The quantitative estimate of drug-likeness (QED) is 0.162. The van der Waals surface area contributed by atoms with Crippen LogP contribution in [-0.2, 0) is 47.3 Å². The van der Waals surface area contributed by atoms with Crippen molar-refractivity contribution in [3.8, 4) is 44.5 Å². The highest BCUT2D eigenvalue weighted by Crippen LogP contribution is 2.61. The van der Waals surface area contributed by atoms with Gasteiger partial charge in [0.25, 0.3) is 0 Å². The molecule has 0 fully saturated rings. The van der Waals surface area contributed by atoms with Crippen LogP contribution in [0, 0.1) is 0 Å². The van der Waals surface area contributed by atoms with E-state index in [1.54, 1.807) is 0 Å². The molecule has 0 bridgehead atoms. The predicted octanol–water partition coefficient (Wildman–Crippen LogP) is 21.7. The molecular weight excluding hydrogens is 1060 g/mol. The highest BCUT2D eigenvalue weighted by molar-refractivity contribution is 6.23. The monoisotopic (exact) mass is 1120 g/mol. The SMILES string of the molecule is CC1(C)c2ccccc2N(c2ccc3c(-c4ccc5c(c4)C4(Cc6ccccc6C4)c4ccccc4-5)c4cc(N5c6ccccc6C(C)(C)c6ccccc65)ccc4c(-c4ccc5c(c4)C4(Cc6ccccc6C4)c4ccccc4-5)c3c2)c2ccccc21. The minimum atomic E-state index is -0.193. The molecule has 0 saturated carbocycles. The van der Waals surface area contributed by atoms with Gasteiger partial charge in [-0.05, 0) is 219 Å². The lowest BCUT2D eigenvalue weighted by atomic mass is 9.73. The van der Waals surface area contributed by atoms with E-state index in [2.05, 4.69) is 304 Å². The molecule has 0 unspecified atom stereocenters. The van der Waals surface area contributed by atoms with Gasteiger partial charge in [-0.1, -0.05) is 234 Å². The summed E-state index contributed by atoms with van der Waals surface area (Å²) in [4.78, 5) is 5.11. The van der Waals surface area contributed by atoms with E-state index >= 15 is 0 Å². The van der Waals surface area contributed by atoms with Crippen molar-refractivity contribution in [3.63, 3.8) is 0 Å². The average molecular weight is 1130 g/mol. The Balaban J connectivity index is 0.928. The molecule has 0 aromatic heterocycles. The fourth-order valence-electron chi connectivity index (χ4n) is 18.2. The van der Waals surface area contributed by atoms with E-state index in [-0.39, 0.29) is 21.7 Å². The smallest absolute Gasteiger partial charge is 0.0502 e. The average Bonchev–Trinajstić information content (AvgIpc) is 0.963. The number of hydrogen-bond acceptors (Lipinski definition) is 2. The Kier molecular flexibility index (Phi) is 10.2. The molecule has 418 valence electrons. The highest BCUT2D eigenvalue weighted by Gasteiger charge is 2.49. The van der Waals surface area contributed by atoms with Crippen molar-refractivity contribution in [2.75, 3.05) is 9.80 Å². The third-order valence-corrected chi connectivity index (χ3v) is 22.2. The molecule has 2 aliphatic heterocycles. The summed E-state index contributed by atoms with van der Waals surface area (Å²) in [6, 6.07) is 104. The molecule has 19 rings (SSSR count). The largest absolute Gasteiger partial charge is 0.310 e. The van der Waals surface area contributed by atoms with Crippen LogP contribution in [0.5, 0.6) is 0 Å². The lowest BCUT2D eigenvalue weighted by Crippen LogP contribution is -2.30. The summed E-state index contributed by atoms with van der Waals surface area (Å²) >= 11 is 0. The zero-order valence-electron chi connectivity index (χ0n) is 50.1. The molecule has 6 aliphatic rings. The van der Waals surface area contributed by atoms with Gasteiger partial charge in [-0.15, -0.1) is 0 Å². The third kappa shape index (κ3) is 6.62. The first-order valence-corrected chi connectivity index (χ1v) is 31.7. The van der Waals surface area contributed by atoms with E-state index in [0.717, 1.165) is 37.1 Å². The summed E-state index contributed by atoms with van der Waals surface area (Å²) in [6.45, 7) is 9.56. The van der Waals surface area contributed by atoms with Gasteiger partial charge in [-0.3, -0.25) is 0 Å². The second-order valence-electron chi connectivity index (χ2n) is 27.2. The van der Waals surface area contributed by atoms with Crippen LogP contribution in [-0.4, -0.2) is 0 Å². The lowest BCUT2D eigenvalue weighted by Gasteiger charge is -2.42. The number of nitrogens with zero attached hydrogens (tertiary/aromatic N) is 2. The fourth-order valence-corrected chi connectivity index (χ4v) is 18.2. The van der Waals surface area contributed by atoms with Gasteiger partial charge in [0.2, 0.25) is 0 Å². The van der Waals surface area contributed by atoms with Gasteiger partial charge in [-0.25, -0.2) is 0 Å². The molecule has 0 atom stereocenters. The first-order chi connectivity index (χ1) is 43.1. The molecule has 2 heteroatoms. The van der Waals surface area contributed by atoms with Crippen molar-refractivity contribution >= 4 is 55.7 Å². The summed E-state index contributed by atoms with van der Waals surface area (Å²) in [7, 11) is 0. The van der Waals surface area contributed by atoms with Gasteiger partial charge in [0, 0.05) is 33.0 Å². The zero-order valence-corrected chi connectivity index (χ0v) is 50.1. The molecule has 4 aliphatic carbocycles. The maximum absolute atomic E-state index is 2.64. The molecule has 2 nitrogen and oxygen atoms in total. The molecule has 0 N–H and O–H groups in total. The number of hydrogen-bond donors (Lipinski definition) is 0. The minimum Gasteiger partial charge on any atom is -0.310 e. The molecule has 13 aromatic carbocycles. The van der Waals surface area contributed by atoms with Crippen LogP contribution in [0.15, 0.2) is 267 Å². The van der Waals surface area contributed by atoms with Crippen molar-refractivity contribution in [3.05, 3.63) is 334 Å². The van der Waals surface area contributed by atoms with E-state index < -0.39 is 0 Å². The summed E-state index contributed by atoms with van der Waals surface area (Å²) in [6.07, 6.45) is 3.94. The van der Waals surface area contributed by atoms with Crippen LogP contribution >= 0.6 is 0 Å². The molecule has 13 aromatic rings. The standard InChI is InChI=1S/C86H64N2/c1-83(2)71-29-13-17-33-77(71)87(78-34-18-14-30-72(78)83)59-39-43-65-67(47-59)81(53-37-41-63-61-25-9-11-27-69(61)85(75(63)45-53)49-55-21-5-6-22-56(55)50-85)66-44-40-60(88-79-35-19-15-31-73(79)84(3,4)74-32-16-20-36-80(74)88)48-68(66)82(65)54-38-42-64-62-26-10-12-28-70(62)86(76(64)46-54)51-57-23-7-8-24-58(57)52-86/h5-48H,49-52H2,1-4H3. The zero-order chi connectivity index (χ0) is 58.4. The Morgan fingerprint density at radius 2 is 0.545 bits per heavy atom. The molecule has 2 heterocycles. The fraction of sp³-hybridized carbons (Fsp3) is 0.140. The summed E-state index contributed by atoms with van der Waals surface area (Å²) in [5, 5.41) is 4.98. The number of anilines is 6. The van der Waals surface area contributed by atoms with E-state index in [4.69, 9.17) is 0 Å². The Morgan fingerprint density at radius 1 is 0.250 bits per heavy atom. The Bertz CT molecular complexity index is 4730. The van der Waals surface area contributed by atoms with Gasteiger partial charge in [0.1, 0.15) is 0 Å². The molecule has 0 radical (unpaired) electrons. The predicted molar refractivity (Wildman–Crippen MR) is 366 cm³/mol. The number of fused-ring (bicyclic) bond motifs is 18. The van der Waals surface area contributed by atoms with Gasteiger partial charge >= 0.3 is 0 Å². The molecule has 2 spiro atoms. The van der Waals surface area contributed by atoms with Crippen molar-refractivity contribution < 1.29 is 0 Å². The number of rotatable bonds is 4. The van der Waals surface area contributed by atoms with Crippen molar-refractivity contribution in [1.29, 1.82) is 0 Å². The van der Waals surface area contributed by atoms with Crippen LogP contribution in [0.25, 0.3) is 66.1 Å². The van der Waals surface area contributed by atoms with Gasteiger partial charge in [-0.2, -0.15) is 0 Å². The normalized spacial score (nSPS) is 16.5. The van der Waals surface area contributed by atoms with Gasteiger partial charge in [0.05, 0.1) is 22.7 Å². The summed E-state index contributed by atoms with van der Waals surface area (Å²) < 4.78 is 0. The van der Waals surface area contributed by atoms with Gasteiger partial charge < -0.3 is 9.80 Å². The molecule has 88 heavy (non-hydrogen) atoms. The van der Waals surface area contributed by atoms with Gasteiger partial charge in [0.15, 0.2) is 0 Å². The Labute approximate surface area is 515 Å².